The van der Waals surface area contributed by atoms with E-state index in [2.05, 4.69) is 10.3 Å². The highest BCUT2D eigenvalue weighted by atomic mass is 19.1. The van der Waals surface area contributed by atoms with Crippen LogP contribution >= 0.6 is 0 Å². The maximum absolute atomic E-state index is 14.3. The van der Waals surface area contributed by atoms with Gasteiger partial charge in [0.2, 0.25) is 0 Å². The molecule has 138 valence electrons. The van der Waals surface area contributed by atoms with E-state index in [0.717, 1.165) is 19.3 Å². The first-order valence-electron chi connectivity index (χ1n) is 9.32. The van der Waals surface area contributed by atoms with Gasteiger partial charge in [-0.1, -0.05) is 6.42 Å². The van der Waals surface area contributed by atoms with Gasteiger partial charge in [-0.25, -0.2) is 13.8 Å². The lowest BCUT2D eigenvalue weighted by Gasteiger charge is -2.26. The molecule has 0 aliphatic heterocycles. The van der Waals surface area contributed by atoms with Crippen LogP contribution in [-0.2, 0) is 0 Å². The van der Waals surface area contributed by atoms with Crippen molar-refractivity contribution in [3.63, 3.8) is 0 Å². The van der Waals surface area contributed by atoms with Crippen molar-refractivity contribution in [1.82, 2.24) is 9.55 Å². The summed E-state index contributed by atoms with van der Waals surface area (Å²) in [7, 11) is 0. The number of anilines is 2. The van der Waals surface area contributed by atoms with Crippen molar-refractivity contribution < 1.29 is 8.78 Å². The SMILES string of the molecule is O=c1c(F)cc2cnc(Nc3ccc(F)cc3)cc2n1C1CC2CCC1C2. The van der Waals surface area contributed by atoms with Gasteiger partial charge in [0.1, 0.15) is 11.6 Å². The van der Waals surface area contributed by atoms with Crippen LogP contribution in [0.1, 0.15) is 31.7 Å². The van der Waals surface area contributed by atoms with E-state index < -0.39 is 11.4 Å². The van der Waals surface area contributed by atoms with Crippen LogP contribution in [0.3, 0.4) is 0 Å². The lowest BCUT2D eigenvalue weighted by Crippen LogP contribution is -2.30. The summed E-state index contributed by atoms with van der Waals surface area (Å²) in [4.78, 5) is 17.0. The molecule has 2 saturated carbocycles. The Kier molecular flexibility index (Phi) is 3.74. The molecular weight excluding hydrogens is 348 g/mol. The monoisotopic (exact) mass is 367 g/mol. The highest BCUT2D eigenvalue weighted by Gasteiger charge is 2.41. The molecule has 1 aromatic carbocycles. The van der Waals surface area contributed by atoms with Gasteiger partial charge in [0.05, 0.1) is 5.52 Å². The largest absolute Gasteiger partial charge is 0.340 e. The summed E-state index contributed by atoms with van der Waals surface area (Å²) >= 11 is 0. The molecule has 1 N–H and O–H groups in total. The fourth-order valence-electron chi connectivity index (χ4n) is 4.80. The van der Waals surface area contributed by atoms with E-state index in [-0.39, 0.29) is 11.9 Å². The van der Waals surface area contributed by atoms with Crippen molar-refractivity contribution >= 4 is 22.4 Å². The number of hydrogen-bond acceptors (Lipinski definition) is 3. The van der Waals surface area contributed by atoms with Crippen LogP contribution in [-0.4, -0.2) is 9.55 Å². The van der Waals surface area contributed by atoms with Gasteiger partial charge in [0.15, 0.2) is 5.82 Å². The van der Waals surface area contributed by atoms with Gasteiger partial charge in [0.25, 0.3) is 5.56 Å². The Morgan fingerprint density at radius 1 is 1.07 bits per heavy atom. The summed E-state index contributed by atoms with van der Waals surface area (Å²) < 4.78 is 29.0. The Bertz CT molecular complexity index is 1080. The Morgan fingerprint density at radius 3 is 2.59 bits per heavy atom. The van der Waals surface area contributed by atoms with Crippen molar-refractivity contribution in [2.75, 3.05) is 5.32 Å². The topological polar surface area (TPSA) is 46.9 Å². The van der Waals surface area contributed by atoms with Crippen LogP contribution in [0.5, 0.6) is 0 Å². The van der Waals surface area contributed by atoms with Crippen molar-refractivity contribution in [1.29, 1.82) is 0 Å². The first-order chi connectivity index (χ1) is 13.1. The summed E-state index contributed by atoms with van der Waals surface area (Å²) in [6.45, 7) is 0. The molecule has 0 spiro atoms. The van der Waals surface area contributed by atoms with E-state index in [9.17, 15) is 13.6 Å². The third-order valence-corrected chi connectivity index (χ3v) is 6.03. The van der Waals surface area contributed by atoms with E-state index >= 15 is 0 Å². The van der Waals surface area contributed by atoms with Gasteiger partial charge in [-0.2, -0.15) is 0 Å². The quantitative estimate of drug-likeness (QED) is 0.725. The summed E-state index contributed by atoms with van der Waals surface area (Å²) in [5.41, 5.74) is 0.830. The second-order valence-corrected chi connectivity index (χ2v) is 7.67. The zero-order chi connectivity index (χ0) is 18.5. The number of benzene rings is 1. The summed E-state index contributed by atoms with van der Waals surface area (Å²) in [5.74, 6) is 0.583. The molecule has 2 aliphatic rings. The van der Waals surface area contributed by atoms with E-state index in [0.29, 0.717) is 34.2 Å². The molecule has 27 heavy (non-hydrogen) atoms. The van der Waals surface area contributed by atoms with Crippen molar-refractivity contribution in [2.24, 2.45) is 11.8 Å². The zero-order valence-corrected chi connectivity index (χ0v) is 14.7. The Labute approximate surface area is 154 Å². The fraction of sp³-hybridized carbons (Fsp3) is 0.333. The molecule has 0 amide bonds. The number of hydrogen-bond donors (Lipinski definition) is 1. The van der Waals surface area contributed by atoms with E-state index in [1.807, 2.05) is 0 Å². The molecule has 2 bridgehead atoms. The normalized spacial score (nSPS) is 23.9. The molecule has 4 nitrogen and oxygen atoms in total. The molecule has 3 atom stereocenters. The maximum Gasteiger partial charge on any atom is 0.287 e. The van der Waals surface area contributed by atoms with Crippen LogP contribution in [0.25, 0.3) is 10.9 Å². The highest BCUT2D eigenvalue weighted by molar-refractivity contribution is 5.81. The van der Waals surface area contributed by atoms with E-state index in [4.69, 9.17) is 0 Å². The molecule has 2 fully saturated rings. The van der Waals surface area contributed by atoms with Crippen LogP contribution in [0.4, 0.5) is 20.3 Å². The predicted molar refractivity (Wildman–Crippen MR) is 100 cm³/mol. The van der Waals surface area contributed by atoms with E-state index in [1.54, 1.807) is 29.0 Å². The van der Waals surface area contributed by atoms with Crippen LogP contribution in [0.2, 0.25) is 0 Å². The van der Waals surface area contributed by atoms with Crippen LogP contribution in [0, 0.1) is 23.5 Å². The number of pyridine rings is 2. The number of rotatable bonds is 3. The predicted octanol–water partition coefficient (Wildman–Crippen LogP) is 4.78. The van der Waals surface area contributed by atoms with Crippen LogP contribution in [0.15, 0.2) is 47.4 Å². The van der Waals surface area contributed by atoms with Crippen molar-refractivity contribution in [3.8, 4) is 0 Å². The van der Waals surface area contributed by atoms with Gasteiger partial charge in [-0.3, -0.25) is 4.79 Å². The first-order valence-corrected chi connectivity index (χ1v) is 9.32. The standard InChI is InChI=1S/C21H19F2N3O/c22-15-3-5-16(6-4-15)25-20-10-19-14(11-24-20)9-17(23)21(27)26(19)18-8-12-1-2-13(18)7-12/h3-6,9-13,18H,1-2,7-8H2,(H,24,25). The minimum Gasteiger partial charge on any atom is -0.340 e. The number of aromatic nitrogens is 2. The lowest BCUT2D eigenvalue weighted by molar-refractivity contribution is 0.326. The van der Waals surface area contributed by atoms with Gasteiger partial charge in [-0.15, -0.1) is 0 Å². The Hall–Kier alpha value is -2.76. The third kappa shape index (κ3) is 2.80. The summed E-state index contributed by atoms with van der Waals surface area (Å²) in [6.07, 6.45) is 5.95. The Morgan fingerprint density at radius 2 is 1.89 bits per heavy atom. The van der Waals surface area contributed by atoms with Gasteiger partial charge in [-0.05, 0) is 61.4 Å². The van der Waals surface area contributed by atoms with Crippen molar-refractivity contribution in [3.05, 3.63) is 64.6 Å². The number of nitrogens with zero attached hydrogens (tertiary/aromatic N) is 2. The van der Waals surface area contributed by atoms with Gasteiger partial charge >= 0.3 is 0 Å². The van der Waals surface area contributed by atoms with Crippen molar-refractivity contribution in [2.45, 2.75) is 31.7 Å². The fourth-order valence-corrected chi connectivity index (χ4v) is 4.80. The summed E-state index contributed by atoms with van der Waals surface area (Å²) in [5, 5.41) is 3.73. The zero-order valence-electron chi connectivity index (χ0n) is 14.7. The second kappa shape index (κ2) is 6.15. The average molecular weight is 367 g/mol. The third-order valence-electron chi connectivity index (χ3n) is 6.03. The lowest BCUT2D eigenvalue weighted by atomic mass is 9.94. The molecule has 0 radical (unpaired) electrons. The molecule has 3 aromatic rings. The second-order valence-electron chi connectivity index (χ2n) is 7.67. The number of fused-ring (bicyclic) bond motifs is 3. The molecule has 5 rings (SSSR count). The minimum absolute atomic E-state index is 0.0514. The van der Waals surface area contributed by atoms with Gasteiger partial charge < -0.3 is 9.88 Å². The van der Waals surface area contributed by atoms with Crippen LogP contribution < -0.4 is 10.9 Å². The Balaban J connectivity index is 1.60. The van der Waals surface area contributed by atoms with Gasteiger partial charge in [0, 0.05) is 29.4 Å². The van der Waals surface area contributed by atoms with E-state index in [1.165, 1.54) is 24.6 Å². The molecule has 2 heterocycles. The number of nitrogens with one attached hydrogen (secondary N) is 1. The summed E-state index contributed by atoms with van der Waals surface area (Å²) in [6, 6.07) is 9.06. The maximum atomic E-state index is 14.3. The average Bonchev–Trinajstić information content (AvgIpc) is 3.28. The molecule has 0 saturated heterocycles. The molecular formula is C21H19F2N3O. The highest BCUT2D eigenvalue weighted by Crippen LogP contribution is 2.50. The first kappa shape index (κ1) is 16.4. The molecule has 2 aromatic heterocycles. The minimum atomic E-state index is -0.730. The number of halogens is 2. The molecule has 2 aliphatic carbocycles. The molecule has 3 unspecified atom stereocenters. The smallest absolute Gasteiger partial charge is 0.287 e. The molecule has 6 heteroatoms.